The minimum atomic E-state index is -0.950. The van der Waals surface area contributed by atoms with Crippen LogP contribution in [-0.4, -0.2) is 156 Å². The molecule has 0 bridgehead atoms. The van der Waals surface area contributed by atoms with E-state index in [4.69, 9.17) is 29.8 Å². The molecule has 0 unspecified atom stereocenters. The summed E-state index contributed by atoms with van der Waals surface area (Å²) in [4.78, 5) is 30.8. The highest BCUT2D eigenvalue weighted by atomic mass is 79.9. The molecule has 6 aromatic heterocycles. The highest BCUT2D eigenvalue weighted by molar-refractivity contribution is 9.10. The Bertz CT molecular complexity index is 4330. The quantitative estimate of drug-likeness (QED) is 0.0502. The summed E-state index contributed by atoms with van der Waals surface area (Å²) < 4.78 is 32.3. The normalized spacial score (nSPS) is 15.0. The molecule has 4 aliphatic heterocycles. The first-order chi connectivity index (χ1) is 48.0. The number of ketones is 1. The highest BCUT2D eigenvalue weighted by Crippen LogP contribution is 2.33. The number of hydrogen-bond donors (Lipinski definition) is 3. The van der Waals surface area contributed by atoms with E-state index in [2.05, 4.69) is 178 Å². The predicted octanol–water partition coefficient (Wildman–Crippen LogP) is 16.6. The van der Waals surface area contributed by atoms with Gasteiger partial charge in [0.25, 0.3) is 0 Å². The molecule has 4 saturated heterocycles. The maximum atomic E-state index is 12.9. The Morgan fingerprint density at radius 1 is 0.475 bits per heavy atom. The summed E-state index contributed by atoms with van der Waals surface area (Å²) in [7, 11) is 0. The van der Waals surface area contributed by atoms with Gasteiger partial charge in [-0.05, 0) is 149 Å². The molecule has 4 aliphatic rings. The number of fused-ring (bicyclic) bond motifs is 4. The first-order valence-corrected chi connectivity index (χ1v) is 38.9. The van der Waals surface area contributed by atoms with Gasteiger partial charge < -0.3 is 35.1 Å². The van der Waals surface area contributed by atoms with Crippen molar-refractivity contribution in [3.8, 4) is 0 Å². The molecule has 4 fully saturated rings. The lowest BCUT2D eigenvalue weighted by molar-refractivity contribution is 0.0343. The van der Waals surface area contributed by atoms with E-state index in [1.807, 2.05) is 76.8 Å². The Kier molecular flexibility index (Phi) is 29.8. The van der Waals surface area contributed by atoms with Crippen molar-refractivity contribution in [3.05, 3.63) is 239 Å². The number of ether oxygens (including phenoxy) is 4. The van der Waals surface area contributed by atoms with Crippen LogP contribution >= 0.6 is 93.1 Å². The fourth-order valence-corrected chi connectivity index (χ4v) is 16.6. The summed E-state index contributed by atoms with van der Waals surface area (Å²) in [5.74, 6) is -0.849. The zero-order valence-electron chi connectivity index (χ0n) is 54.5. The van der Waals surface area contributed by atoms with Crippen molar-refractivity contribution in [2.24, 2.45) is 0 Å². The summed E-state index contributed by atoms with van der Waals surface area (Å²) in [6.45, 7) is 19.2. The number of hydrogen-bond acceptors (Lipinski definition) is 17. The largest absolute Gasteiger partial charge is 0.478 e. The standard InChI is InChI=1S/C25H25N3O2S.C13H14BrNOS.C13H16N2OS.C11H10N2O2.C9H6Br2S.C4H9NO.CH4/c29-24(21-14-26-28(17-21)15-19-4-2-1-3-5-19)13-20-6-7-25-23(12-20)22(18-31-25)16-27-8-10-30-11-9-27;2*14-11-1-2-13-12(7-11)10(9-17-13)8-15-3-5-16-6-4-15;14-11(15)10-6-12-13(8-10)7-9-4-2-1-3-5-9;10-4-6-5-12-9-2-1-7(11)3-8(6)9;1-3-6-4-2-5-1;/h1-7,12,14,17-18H,8-11,13,15-16H2;1-2,7,9H,3-6,8H2;1-2,7,9H,3-6,8,14H2;1-6,8H,7H2,(H,14,15);1-3,5H,4H2;5H,1-4H2;1H4. The third-order valence-corrected chi connectivity index (χ3v) is 22.3. The van der Waals surface area contributed by atoms with Gasteiger partial charge in [-0.15, -0.1) is 45.3 Å². The number of aromatic carboxylic acids is 1. The van der Waals surface area contributed by atoms with Gasteiger partial charge in [0.15, 0.2) is 5.78 Å². The second-order valence-corrected chi connectivity index (χ2v) is 29.8. The van der Waals surface area contributed by atoms with Crippen LogP contribution in [0.5, 0.6) is 0 Å². The second kappa shape index (κ2) is 39.2. The van der Waals surface area contributed by atoms with Gasteiger partial charge in [-0.1, -0.05) is 122 Å². The van der Waals surface area contributed by atoms with E-state index in [0.717, 1.165) is 156 Å². The van der Waals surface area contributed by atoms with Crippen LogP contribution in [0.15, 0.2) is 189 Å². The van der Waals surface area contributed by atoms with Crippen LogP contribution in [0, 0.1) is 0 Å². The molecule has 0 spiro atoms. The van der Waals surface area contributed by atoms with E-state index in [1.54, 1.807) is 44.9 Å². The molecule has 0 radical (unpaired) electrons. The molecule has 16 nitrogen and oxygen atoms in total. The fraction of sp³-hybridized carbons (Fsp3) is 0.316. The summed E-state index contributed by atoms with van der Waals surface area (Å²) in [6.07, 6.45) is 6.79. The molecule has 23 heteroatoms. The molecule has 99 heavy (non-hydrogen) atoms. The zero-order chi connectivity index (χ0) is 67.8. The molecule has 0 saturated carbocycles. The molecular formula is C76H84Br3N9O7S4. The van der Waals surface area contributed by atoms with Gasteiger partial charge in [-0.3, -0.25) is 28.9 Å². The molecule has 0 atom stereocenters. The number of nitrogens with one attached hydrogen (secondary N) is 1. The van der Waals surface area contributed by atoms with E-state index in [1.165, 1.54) is 80.6 Å². The number of carbonyl (C=O) groups excluding carboxylic acids is 1. The number of carbonyl (C=O) groups is 2. The number of nitrogens with zero attached hydrogens (tertiary/aromatic N) is 7. The van der Waals surface area contributed by atoms with Crippen molar-refractivity contribution in [2.75, 3.05) is 111 Å². The average Bonchev–Trinajstić information content (AvgIpc) is 1.75. The molecule has 12 aromatic rings. The van der Waals surface area contributed by atoms with E-state index < -0.39 is 5.97 Å². The van der Waals surface area contributed by atoms with Crippen LogP contribution in [0.25, 0.3) is 40.3 Å². The van der Waals surface area contributed by atoms with Crippen molar-refractivity contribution in [3.63, 3.8) is 0 Å². The number of benzene rings is 6. The van der Waals surface area contributed by atoms with Gasteiger partial charge in [0.05, 0.1) is 89.5 Å². The topological polar surface area (TPSA) is 175 Å². The Morgan fingerprint density at radius 3 is 1.29 bits per heavy atom. The Balaban J connectivity index is 0.000000136. The van der Waals surface area contributed by atoms with Gasteiger partial charge in [0, 0.05) is 130 Å². The molecule has 0 aliphatic carbocycles. The predicted molar refractivity (Wildman–Crippen MR) is 419 cm³/mol. The summed E-state index contributed by atoms with van der Waals surface area (Å²) in [6, 6.07) is 45.4. The number of Topliss-reactive ketones (excluding diaryl/α,β-unsaturated/α-hetero) is 1. The number of alkyl halides is 1. The molecule has 0 amide bonds. The molecule has 4 N–H and O–H groups in total. The number of carboxylic acids is 1. The number of nitrogens with two attached hydrogens (primary N) is 1. The molecule has 520 valence electrons. The van der Waals surface area contributed by atoms with E-state index in [9.17, 15) is 9.59 Å². The fourth-order valence-electron chi connectivity index (χ4n) is 11.4. The maximum absolute atomic E-state index is 12.9. The number of carboxylic acid groups (broad SMARTS) is 1. The van der Waals surface area contributed by atoms with Crippen molar-refractivity contribution >= 4 is 151 Å². The number of thiophene rings is 4. The average molecular weight is 1600 g/mol. The third-order valence-electron chi connectivity index (χ3n) is 16.7. The summed E-state index contributed by atoms with van der Waals surface area (Å²) in [5.41, 5.74) is 16.4. The number of nitrogen functional groups attached to an aromatic ring is 1. The molecule has 10 heterocycles. The zero-order valence-corrected chi connectivity index (χ0v) is 62.5. The Labute approximate surface area is 620 Å². The first kappa shape index (κ1) is 75.3. The van der Waals surface area contributed by atoms with Crippen LogP contribution in [-0.2, 0) is 63.4 Å². The lowest BCUT2D eigenvalue weighted by atomic mass is 10.0. The van der Waals surface area contributed by atoms with Crippen LogP contribution in [0.1, 0.15) is 67.1 Å². The molecular weight excluding hydrogens is 1520 g/mol. The summed E-state index contributed by atoms with van der Waals surface area (Å²) >= 11 is 17.7. The number of anilines is 1. The van der Waals surface area contributed by atoms with Gasteiger partial charge in [0.2, 0.25) is 0 Å². The molecule has 6 aromatic carbocycles. The SMILES string of the molecule is BrCc1csc2ccc(Br)cc12.Brc1ccc2scc(CN3CCOCC3)c2c1.C.C1COCCN1.Nc1ccc2scc(CN3CCOCC3)c2c1.O=C(Cc1ccc2scc(CN3CCOCC3)c2c1)c1cnn(Cc2ccccc2)c1.O=C(O)c1cnn(Cc2ccccc2)c1. The summed E-state index contributed by atoms with van der Waals surface area (Å²) in [5, 5.41) is 35.4. The van der Waals surface area contributed by atoms with Crippen molar-refractivity contribution in [1.29, 1.82) is 0 Å². The van der Waals surface area contributed by atoms with Gasteiger partial charge in [-0.25, -0.2) is 4.79 Å². The lowest BCUT2D eigenvalue weighted by Gasteiger charge is -2.26. The van der Waals surface area contributed by atoms with Gasteiger partial charge >= 0.3 is 5.97 Å². The smallest absolute Gasteiger partial charge is 0.338 e. The minimum Gasteiger partial charge on any atom is -0.478 e. The number of rotatable bonds is 15. The van der Waals surface area contributed by atoms with Crippen molar-refractivity contribution < 1.29 is 33.6 Å². The number of halogens is 3. The Hall–Kier alpha value is -6.36. The van der Waals surface area contributed by atoms with Gasteiger partial charge in [-0.2, -0.15) is 10.2 Å². The third kappa shape index (κ3) is 22.8. The molecule has 16 rings (SSSR count). The lowest BCUT2D eigenvalue weighted by Crippen LogP contribution is -2.35. The van der Waals surface area contributed by atoms with E-state index in [-0.39, 0.29) is 18.8 Å². The van der Waals surface area contributed by atoms with E-state index >= 15 is 0 Å². The highest BCUT2D eigenvalue weighted by Gasteiger charge is 2.18. The minimum absolute atomic E-state index is 0. The van der Waals surface area contributed by atoms with Crippen LogP contribution in [0.2, 0.25) is 0 Å². The monoisotopic (exact) mass is 1600 g/mol. The van der Waals surface area contributed by atoms with E-state index in [0.29, 0.717) is 25.1 Å². The first-order valence-electron chi connectivity index (χ1n) is 32.7. The Morgan fingerprint density at radius 2 is 0.869 bits per heavy atom. The van der Waals surface area contributed by atoms with Gasteiger partial charge in [0.1, 0.15) is 0 Å². The van der Waals surface area contributed by atoms with Crippen molar-refractivity contribution in [1.82, 2.24) is 39.6 Å². The maximum Gasteiger partial charge on any atom is 0.338 e. The number of morpholine rings is 4. The van der Waals surface area contributed by atoms with Crippen LogP contribution in [0.3, 0.4) is 0 Å². The van der Waals surface area contributed by atoms with Crippen molar-refractivity contribution in [2.45, 2.75) is 51.9 Å². The second-order valence-electron chi connectivity index (χ2n) is 23.8. The van der Waals surface area contributed by atoms with Crippen LogP contribution < -0.4 is 11.1 Å². The van der Waals surface area contributed by atoms with Crippen LogP contribution in [0.4, 0.5) is 5.69 Å². The number of aromatic nitrogens is 4.